The van der Waals surface area contributed by atoms with E-state index in [1.807, 2.05) is 0 Å². The van der Waals surface area contributed by atoms with Gasteiger partial charge in [-0.1, -0.05) is 20.8 Å². The minimum atomic E-state index is 0.792. The summed E-state index contributed by atoms with van der Waals surface area (Å²) in [6.07, 6.45) is 5.60. The molecule has 0 radical (unpaired) electrons. The van der Waals surface area contributed by atoms with Gasteiger partial charge in [-0.05, 0) is 43.3 Å². The maximum Gasteiger partial charge on any atom is 0.0194 e. The Kier molecular flexibility index (Phi) is 4.00. The van der Waals surface area contributed by atoms with E-state index in [4.69, 9.17) is 0 Å². The molecule has 88 valence electrons. The summed E-state index contributed by atoms with van der Waals surface area (Å²) in [7, 11) is 0. The third kappa shape index (κ3) is 2.91. The fourth-order valence-corrected chi connectivity index (χ4v) is 4.16. The molecule has 1 nitrogen and oxygen atoms in total. The molecule has 0 aromatic heterocycles. The van der Waals surface area contributed by atoms with Crippen molar-refractivity contribution in [2.75, 3.05) is 5.75 Å². The first-order valence-electron chi connectivity index (χ1n) is 6.54. The molecule has 2 aliphatic rings. The smallest absolute Gasteiger partial charge is 0.0194 e. The molecule has 1 N–H and O–H groups in total. The van der Waals surface area contributed by atoms with E-state index in [0.29, 0.717) is 0 Å². The summed E-state index contributed by atoms with van der Waals surface area (Å²) in [6.45, 7) is 7.21. The van der Waals surface area contributed by atoms with E-state index in [1.165, 1.54) is 31.4 Å². The average molecular weight is 227 g/mol. The van der Waals surface area contributed by atoms with Gasteiger partial charge >= 0.3 is 0 Å². The molecule has 2 fully saturated rings. The second-order valence-electron chi connectivity index (χ2n) is 5.60. The van der Waals surface area contributed by atoms with Crippen LogP contribution in [-0.2, 0) is 0 Å². The standard InChI is InChI=1S/C13H25NS/c1-9-4-5-12(8-10(9)2)14-13-6-7-15-11(13)3/h9-14H,4-8H2,1-3H3. The molecule has 2 rings (SSSR count). The highest BCUT2D eigenvalue weighted by Gasteiger charge is 2.29. The van der Waals surface area contributed by atoms with Crippen molar-refractivity contribution in [3.05, 3.63) is 0 Å². The zero-order chi connectivity index (χ0) is 10.8. The van der Waals surface area contributed by atoms with E-state index >= 15 is 0 Å². The molecular weight excluding hydrogens is 202 g/mol. The Balaban J connectivity index is 1.80. The number of hydrogen-bond acceptors (Lipinski definition) is 2. The van der Waals surface area contributed by atoms with Crippen LogP contribution in [-0.4, -0.2) is 23.1 Å². The van der Waals surface area contributed by atoms with Crippen molar-refractivity contribution in [1.82, 2.24) is 5.32 Å². The third-order valence-corrected chi connectivity index (χ3v) is 5.75. The Bertz CT molecular complexity index is 207. The van der Waals surface area contributed by atoms with Crippen LogP contribution < -0.4 is 5.32 Å². The maximum atomic E-state index is 3.90. The quantitative estimate of drug-likeness (QED) is 0.777. The Labute approximate surface area is 98.8 Å². The lowest BCUT2D eigenvalue weighted by molar-refractivity contribution is 0.214. The molecule has 1 aliphatic carbocycles. The molecule has 1 saturated carbocycles. The van der Waals surface area contributed by atoms with Gasteiger partial charge in [0, 0.05) is 17.3 Å². The van der Waals surface area contributed by atoms with E-state index < -0.39 is 0 Å². The molecule has 1 heterocycles. The molecule has 5 atom stereocenters. The normalized spacial score (nSPS) is 47.0. The zero-order valence-electron chi connectivity index (χ0n) is 10.3. The van der Waals surface area contributed by atoms with Crippen LogP contribution in [0.15, 0.2) is 0 Å². The molecule has 0 bridgehead atoms. The average Bonchev–Trinajstić information content (AvgIpc) is 2.59. The molecule has 1 aliphatic heterocycles. The Morgan fingerprint density at radius 2 is 1.80 bits per heavy atom. The summed E-state index contributed by atoms with van der Waals surface area (Å²) in [4.78, 5) is 0. The Hall–Kier alpha value is 0.310. The maximum absolute atomic E-state index is 3.90. The first kappa shape index (κ1) is 11.8. The molecule has 1 saturated heterocycles. The van der Waals surface area contributed by atoms with Gasteiger partial charge < -0.3 is 5.32 Å². The lowest BCUT2D eigenvalue weighted by Gasteiger charge is -2.35. The lowest BCUT2D eigenvalue weighted by atomic mass is 9.79. The summed E-state index contributed by atoms with van der Waals surface area (Å²) in [6, 6.07) is 1.60. The minimum Gasteiger partial charge on any atom is -0.310 e. The van der Waals surface area contributed by atoms with Crippen LogP contribution in [0.3, 0.4) is 0 Å². The van der Waals surface area contributed by atoms with Crippen LogP contribution in [0.4, 0.5) is 0 Å². The molecule has 2 heteroatoms. The topological polar surface area (TPSA) is 12.0 Å². The van der Waals surface area contributed by atoms with Crippen molar-refractivity contribution in [3.63, 3.8) is 0 Å². The summed E-state index contributed by atoms with van der Waals surface area (Å²) >= 11 is 2.13. The van der Waals surface area contributed by atoms with Crippen LogP contribution in [0.5, 0.6) is 0 Å². The van der Waals surface area contributed by atoms with Gasteiger partial charge in [0.05, 0.1) is 0 Å². The molecule has 5 unspecified atom stereocenters. The third-order valence-electron chi connectivity index (χ3n) is 4.42. The van der Waals surface area contributed by atoms with Gasteiger partial charge in [-0.25, -0.2) is 0 Å². The first-order chi connectivity index (χ1) is 7.16. The summed E-state index contributed by atoms with van der Waals surface area (Å²) < 4.78 is 0. The van der Waals surface area contributed by atoms with E-state index in [9.17, 15) is 0 Å². The minimum absolute atomic E-state index is 0.792. The Morgan fingerprint density at radius 1 is 1.00 bits per heavy atom. The molecular formula is C13H25NS. The number of rotatable bonds is 2. The van der Waals surface area contributed by atoms with Gasteiger partial charge in [0.15, 0.2) is 0 Å². The molecule has 0 aromatic rings. The fourth-order valence-electron chi connectivity index (χ4n) is 2.95. The van der Waals surface area contributed by atoms with Gasteiger partial charge in [0.2, 0.25) is 0 Å². The summed E-state index contributed by atoms with van der Waals surface area (Å²) in [5.41, 5.74) is 0. The van der Waals surface area contributed by atoms with Gasteiger partial charge in [-0.3, -0.25) is 0 Å². The number of thioether (sulfide) groups is 1. The van der Waals surface area contributed by atoms with Crippen molar-refractivity contribution in [2.24, 2.45) is 11.8 Å². The molecule has 0 amide bonds. The summed E-state index contributed by atoms with van der Waals surface area (Å²) in [5.74, 6) is 3.22. The van der Waals surface area contributed by atoms with Gasteiger partial charge in [-0.2, -0.15) is 11.8 Å². The largest absolute Gasteiger partial charge is 0.310 e. The Morgan fingerprint density at radius 3 is 2.40 bits per heavy atom. The van der Waals surface area contributed by atoms with Gasteiger partial charge in [0.25, 0.3) is 0 Å². The zero-order valence-corrected chi connectivity index (χ0v) is 11.1. The van der Waals surface area contributed by atoms with Crippen LogP contribution in [0.2, 0.25) is 0 Å². The molecule has 15 heavy (non-hydrogen) atoms. The van der Waals surface area contributed by atoms with Crippen molar-refractivity contribution in [3.8, 4) is 0 Å². The highest BCUT2D eigenvalue weighted by atomic mass is 32.2. The van der Waals surface area contributed by atoms with Crippen molar-refractivity contribution in [2.45, 2.75) is 63.8 Å². The highest BCUT2D eigenvalue weighted by molar-refractivity contribution is 8.00. The van der Waals surface area contributed by atoms with Crippen LogP contribution in [0.25, 0.3) is 0 Å². The van der Waals surface area contributed by atoms with E-state index in [2.05, 4.69) is 37.8 Å². The van der Waals surface area contributed by atoms with Crippen LogP contribution >= 0.6 is 11.8 Å². The van der Waals surface area contributed by atoms with E-state index in [0.717, 1.165) is 29.2 Å². The predicted molar refractivity (Wildman–Crippen MR) is 69.4 cm³/mol. The van der Waals surface area contributed by atoms with Crippen molar-refractivity contribution >= 4 is 11.8 Å². The second-order valence-corrected chi connectivity index (χ2v) is 7.09. The molecule has 0 spiro atoms. The van der Waals surface area contributed by atoms with Crippen LogP contribution in [0.1, 0.15) is 46.5 Å². The van der Waals surface area contributed by atoms with Crippen molar-refractivity contribution < 1.29 is 0 Å². The van der Waals surface area contributed by atoms with Crippen molar-refractivity contribution in [1.29, 1.82) is 0 Å². The predicted octanol–water partition coefficient (Wildman–Crippen LogP) is 3.29. The van der Waals surface area contributed by atoms with E-state index in [-0.39, 0.29) is 0 Å². The van der Waals surface area contributed by atoms with Crippen LogP contribution in [0, 0.1) is 11.8 Å². The lowest BCUT2D eigenvalue weighted by Crippen LogP contribution is -2.44. The van der Waals surface area contributed by atoms with Gasteiger partial charge in [0.1, 0.15) is 0 Å². The summed E-state index contributed by atoms with van der Waals surface area (Å²) in [5, 5.41) is 4.73. The SMILES string of the molecule is CC1CCC(NC2CCSC2C)CC1C. The fraction of sp³-hybridized carbons (Fsp3) is 1.00. The first-order valence-corrected chi connectivity index (χ1v) is 7.59. The van der Waals surface area contributed by atoms with E-state index in [1.54, 1.807) is 0 Å². The number of hydrogen-bond donors (Lipinski definition) is 1. The second kappa shape index (κ2) is 5.09. The monoisotopic (exact) mass is 227 g/mol. The number of nitrogens with one attached hydrogen (secondary N) is 1. The highest BCUT2D eigenvalue weighted by Crippen LogP contribution is 2.32. The van der Waals surface area contributed by atoms with Gasteiger partial charge in [-0.15, -0.1) is 0 Å². The molecule has 0 aromatic carbocycles.